The van der Waals surface area contributed by atoms with E-state index in [4.69, 9.17) is 10.2 Å². The fourth-order valence-corrected chi connectivity index (χ4v) is 2.12. The summed E-state index contributed by atoms with van der Waals surface area (Å²) in [6, 6.07) is 6.51. The monoisotopic (exact) mass is 325 g/mol. The van der Waals surface area contributed by atoms with E-state index in [-0.39, 0.29) is 23.8 Å². The van der Waals surface area contributed by atoms with E-state index >= 15 is 0 Å². The van der Waals surface area contributed by atoms with Crippen LogP contribution in [0.25, 0.3) is 11.6 Å². The maximum absolute atomic E-state index is 12.3. The number of hydrogen-bond donors (Lipinski definition) is 3. The number of amides is 1. The van der Waals surface area contributed by atoms with Crippen molar-refractivity contribution in [2.45, 2.75) is 13.5 Å². The van der Waals surface area contributed by atoms with Gasteiger partial charge in [-0.15, -0.1) is 0 Å². The number of phenols is 1. The van der Waals surface area contributed by atoms with Gasteiger partial charge in [0.1, 0.15) is 17.7 Å². The van der Waals surface area contributed by atoms with Gasteiger partial charge in [0.2, 0.25) is 5.89 Å². The Morgan fingerprint density at radius 3 is 2.71 bits per heavy atom. The van der Waals surface area contributed by atoms with Crippen LogP contribution in [-0.4, -0.2) is 26.0 Å². The highest BCUT2D eigenvalue weighted by molar-refractivity contribution is 5.96. The van der Waals surface area contributed by atoms with Crippen LogP contribution in [0.4, 0.5) is 5.82 Å². The number of aromatic nitrogens is 3. The van der Waals surface area contributed by atoms with E-state index in [1.807, 2.05) is 0 Å². The van der Waals surface area contributed by atoms with Crippen molar-refractivity contribution < 1.29 is 14.3 Å². The molecular weight excluding hydrogens is 310 g/mol. The summed E-state index contributed by atoms with van der Waals surface area (Å²) in [6.07, 6.45) is 2.91. The van der Waals surface area contributed by atoms with Crippen molar-refractivity contribution in [3.05, 3.63) is 53.7 Å². The molecule has 4 N–H and O–H groups in total. The average molecular weight is 325 g/mol. The number of benzene rings is 1. The Labute approximate surface area is 137 Å². The zero-order chi connectivity index (χ0) is 17.1. The zero-order valence-electron chi connectivity index (χ0n) is 12.9. The number of anilines is 1. The highest BCUT2D eigenvalue weighted by Crippen LogP contribution is 2.20. The van der Waals surface area contributed by atoms with Gasteiger partial charge in [-0.25, -0.2) is 15.0 Å². The van der Waals surface area contributed by atoms with Gasteiger partial charge < -0.3 is 20.6 Å². The van der Waals surface area contributed by atoms with E-state index in [1.165, 1.54) is 12.5 Å². The van der Waals surface area contributed by atoms with Crippen molar-refractivity contribution in [1.29, 1.82) is 0 Å². The molecule has 0 aliphatic rings. The molecular formula is C16H15N5O3. The van der Waals surface area contributed by atoms with Crippen LogP contribution in [0.5, 0.6) is 5.75 Å². The Balaban J connectivity index is 1.77. The topological polar surface area (TPSA) is 127 Å². The Kier molecular flexibility index (Phi) is 4.11. The van der Waals surface area contributed by atoms with Gasteiger partial charge in [-0.1, -0.05) is 12.1 Å². The lowest BCUT2D eigenvalue weighted by Gasteiger charge is -2.09. The first kappa shape index (κ1) is 15.5. The Morgan fingerprint density at radius 2 is 2.04 bits per heavy atom. The second-order valence-electron chi connectivity index (χ2n) is 5.08. The largest absolute Gasteiger partial charge is 0.508 e. The third kappa shape index (κ3) is 3.17. The summed E-state index contributed by atoms with van der Waals surface area (Å²) < 4.78 is 5.18. The van der Waals surface area contributed by atoms with Gasteiger partial charge in [-0.05, 0) is 24.6 Å². The minimum atomic E-state index is -0.435. The summed E-state index contributed by atoms with van der Waals surface area (Å²) >= 11 is 0. The fourth-order valence-electron chi connectivity index (χ4n) is 2.12. The van der Waals surface area contributed by atoms with Crippen LogP contribution in [0.2, 0.25) is 0 Å². The van der Waals surface area contributed by atoms with Gasteiger partial charge in [0.15, 0.2) is 11.5 Å². The molecule has 0 atom stereocenters. The molecule has 0 saturated carbocycles. The zero-order valence-corrected chi connectivity index (χ0v) is 12.9. The molecule has 0 unspecified atom stereocenters. The minimum absolute atomic E-state index is 0.00277. The van der Waals surface area contributed by atoms with Crippen LogP contribution in [0.1, 0.15) is 21.7 Å². The van der Waals surface area contributed by atoms with E-state index in [1.54, 1.807) is 31.2 Å². The lowest BCUT2D eigenvalue weighted by atomic mass is 10.2. The Morgan fingerprint density at radius 1 is 1.29 bits per heavy atom. The molecule has 0 aliphatic carbocycles. The van der Waals surface area contributed by atoms with Gasteiger partial charge in [0.05, 0.1) is 11.9 Å². The standard InChI is InChI=1S/C16H15N5O3/c1-9-12(16-18-6-7-24-16)21-14(17)13(20-9)15(23)19-8-10-2-4-11(22)5-3-10/h2-7,22H,8H2,1H3,(H2,17,21)(H,19,23). The summed E-state index contributed by atoms with van der Waals surface area (Å²) in [5.74, 6) is 0.0211. The van der Waals surface area contributed by atoms with E-state index in [0.717, 1.165) is 5.56 Å². The molecule has 1 aromatic carbocycles. The van der Waals surface area contributed by atoms with Crippen LogP contribution in [-0.2, 0) is 6.54 Å². The number of nitrogens with zero attached hydrogens (tertiary/aromatic N) is 3. The van der Waals surface area contributed by atoms with Crippen molar-refractivity contribution in [3.63, 3.8) is 0 Å². The van der Waals surface area contributed by atoms with Gasteiger partial charge in [0, 0.05) is 6.54 Å². The van der Waals surface area contributed by atoms with Crippen molar-refractivity contribution in [2.24, 2.45) is 0 Å². The molecule has 8 nitrogen and oxygen atoms in total. The van der Waals surface area contributed by atoms with Crippen LogP contribution < -0.4 is 11.1 Å². The van der Waals surface area contributed by atoms with Crippen molar-refractivity contribution >= 4 is 11.7 Å². The van der Waals surface area contributed by atoms with Gasteiger partial charge >= 0.3 is 0 Å². The summed E-state index contributed by atoms with van der Waals surface area (Å²) in [6.45, 7) is 1.98. The number of hydrogen-bond acceptors (Lipinski definition) is 7. The van der Waals surface area contributed by atoms with Crippen LogP contribution in [0.3, 0.4) is 0 Å². The molecule has 0 bridgehead atoms. The third-order valence-electron chi connectivity index (χ3n) is 3.34. The van der Waals surface area contributed by atoms with Gasteiger partial charge in [0.25, 0.3) is 5.91 Å². The number of rotatable bonds is 4. The van der Waals surface area contributed by atoms with Crippen molar-refractivity contribution in [3.8, 4) is 17.3 Å². The Bertz CT molecular complexity index is 860. The number of nitrogens with one attached hydrogen (secondary N) is 1. The van der Waals surface area contributed by atoms with Crippen molar-refractivity contribution in [2.75, 3.05) is 5.73 Å². The molecule has 3 aromatic rings. The molecule has 0 radical (unpaired) electrons. The molecule has 8 heteroatoms. The van der Waals surface area contributed by atoms with E-state index in [2.05, 4.69) is 20.3 Å². The highest BCUT2D eigenvalue weighted by Gasteiger charge is 2.18. The van der Waals surface area contributed by atoms with Gasteiger partial charge in [-0.3, -0.25) is 4.79 Å². The maximum Gasteiger partial charge on any atom is 0.273 e. The summed E-state index contributed by atoms with van der Waals surface area (Å²) in [7, 11) is 0. The molecule has 0 aliphatic heterocycles. The van der Waals surface area contributed by atoms with Crippen LogP contribution in [0, 0.1) is 6.92 Å². The van der Waals surface area contributed by atoms with Crippen LogP contribution >= 0.6 is 0 Å². The van der Waals surface area contributed by atoms with Gasteiger partial charge in [-0.2, -0.15) is 0 Å². The summed E-state index contributed by atoms with van der Waals surface area (Å²) in [5.41, 5.74) is 7.61. The molecule has 0 saturated heterocycles. The molecule has 122 valence electrons. The lowest BCUT2D eigenvalue weighted by Crippen LogP contribution is -2.26. The van der Waals surface area contributed by atoms with E-state index in [0.29, 0.717) is 17.3 Å². The molecule has 2 aromatic heterocycles. The number of nitrogen functional groups attached to an aromatic ring is 1. The molecule has 0 fully saturated rings. The summed E-state index contributed by atoms with van der Waals surface area (Å²) in [4.78, 5) is 24.7. The van der Waals surface area contributed by atoms with Crippen LogP contribution in [0.15, 0.2) is 41.1 Å². The normalized spacial score (nSPS) is 10.5. The predicted molar refractivity (Wildman–Crippen MR) is 86.0 cm³/mol. The number of aryl methyl sites for hydroxylation is 1. The number of oxazole rings is 1. The molecule has 24 heavy (non-hydrogen) atoms. The predicted octanol–water partition coefficient (Wildman–Crippen LogP) is 1.66. The first-order chi connectivity index (χ1) is 11.5. The third-order valence-corrected chi connectivity index (χ3v) is 3.34. The maximum atomic E-state index is 12.3. The van der Waals surface area contributed by atoms with Crippen molar-refractivity contribution in [1.82, 2.24) is 20.3 Å². The number of aromatic hydroxyl groups is 1. The number of carbonyl (C=O) groups excluding carboxylic acids is 1. The molecule has 2 heterocycles. The number of phenolic OH excluding ortho intramolecular Hbond substituents is 1. The first-order valence-electron chi connectivity index (χ1n) is 7.14. The first-order valence-corrected chi connectivity index (χ1v) is 7.14. The molecule has 1 amide bonds. The fraction of sp³-hybridized carbons (Fsp3) is 0.125. The summed E-state index contributed by atoms with van der Waals surface area (Å²) in [5, 5.41) is 12.0. The SMILES string of the molecule is Cc1nc(C(=O)NCc2ccc(O)cc2)c(N)nc1-c1ncco1. The number of carbonyl (C=O) groups is 1. The number of nitrogens with two attached hydrogens (primary N) is 1. The highest BCUT2D eigenvalue weighted by atomic mass is 16.3. The Hall–Kier alpha value is -3.42. The average Bonchev–Trinajstić information content (AvgIpc) is 3.10. The lowest BCUT2D eigenvalue weighted by molar-refractivity contribution is 0.0946. The second kappa shape index (κ2) is 6.37. The second-order valence-corrected chi connectivity index (χ2v) is 5.08. The minimum Gasteiger partial charge on any atom is -0.508 e. The quantitative estimate of drug-likeness (QED) is 0.665. The van der Waals surface area contributed by atoms with E-state index < -0.39 is 5.91 Å². The van der Waals surface area contributed by atoms with E-state index in [9.17, 15) is 9.90 Å². The molecule has 3 rings (SSSR count). The molecule has 0 spiro atoms. The smallest absolute Gasteiger partial charge is 0.273 e.